The number of amides is 1. The molecule has 0 fully saturated rings. The molecule has 25 heavy (non-hydrogen) atoms. The SMILES string of the molecule is CCC(=O)c1cn(CC(=O)Nc2cccc(Cl)c2Cl)c2ccccc12. The summed E-state index contributed by atoms with van der Waals surface area (Å²) in [6, 6.07) is 12.6. The van der Waals surface area contributed by atoms with Crippen LogP contribution in [0.15, 0.2) is 48.7 Å². The van der Waals surface area contributed by atoms with E-state index in [4.69, 9.17) is 23.2 Å². The minimum Gasteiger partial charge on any atom is -0.337 e. The number of aromatic nitrogens is 1. The molecule has 0 saturated heterocycles. The molecule has 0 aliphatic carbocycles. The Morgan fingerprint density at radius 1 is 1.08 bits per heavy atom. The maximum Gasteiger partial charge on any atom is 0.244 e. The Hall–Kier alpha value is -2.30. The van der Waals surface area contributed by atoms with Crippen molar-refractivity contribution in [2.24, 2.45) is 0 Å². The summed E-state index contributed by atoms with van der Waals surface area (Å²) in [6.45, 7) is 1.89. The highest BCUT2D eigenvalue weighted by Crippen LogP contribution is 2.29. The van der Waals surface area contributed by atoms with Crippen molar-refractivity contribution in [3.8, 4) is 0 Å². The van der Waals surface area contributed by atoms with Crippen LogP contribution in [0.25, 0.3) is 10.9 Å². The molecule has 1 heterocycles. The molecular formula is C19H16Cl2N2O2. The first kappa shape index (κ1) is 17.5. The van der Waals surface area contributed by atoms with Gasteiger partial charge < -0.3 is 9.88 Å². The number of nitrogens with zero attached hydrogens (tertiary/aromatic N) is 1. The van der Waals surface area contributed by atoms with E-state index >= 15 is 0 Å². The maximum absolute atomic E-state index is 12.4. The molecule has 3 rings (SSSR count). The van der Waals surface area contributed by atoms with Gasteiger partial charge in [0.2, 0.25) is 5.91 Å². The second-order valence-electron chi connectivity index (χ2n) is 5.61. The highest BCUT2D eigenvalue weighted by molar-refractivity contribution is 6.44. The number of benzene rings is 2. The average Bonchev–Trinajstić information content (AvgIpc) is 2.97. The average molecular weight is 375 g/mol. The lowest BCUT2D eigenvalue weighted by atomic mass is 10.1. The molecule has 0 saturated carbocycles. The number of hydrogen-bond donors (Lipinski definition) is 1. The van der Waals surface area contributed by atoms with Crippen molar-refractivity contribution in [2.75, 3.05) is 5.32 Å². The number of halogens is 2. The summed E-state index contributed by atoms with van der Waals surface area (Å²) in [5.41, 5.74) is 1.93. The summed E-state index contributed by atoms with van der Waals surface area (Å²) in [4.78, 5) is 24.6. The molecule has 128 valence electrons. The summed E-state index contributed by atoms with van der Waals surface area (Å²) in [5.74, 6) is -0.200. The van der Waals surface area contributed by atoms with Gasteiger partial charge in [0.1, 0.15) is 6.54 Å². The number of para-hydroxylation sites is 1. The number of ketones is 1. The number of rotatable bonds is 5. The molecule has 2 aromatic carbocycles. The third-order valence-electron chi connectivity index (χ3n) is 3.95. The number of Topliss-reactive ketones (excluding diaryl/α,β-unsaturated/α-hetero) is 1. The molecule has 0 aliphatic rings. The molecule has 1 N–H and O–H groups in total. The highest BCUT2D eigenvalue weighted by Gasteiger charge is 2.15. The predicted molar refractivity (Wildman–Crippen MR) is 102 cm³/mol. The molecule has 0 radical (unpaired) electrons. The number of hydrogen-bond acceptors (Lipinski definition) is 2. The zero-order valence-electron chi connectivity index (χ0n) is 13.6. The van der Waals surface area contributed by atoms with Crippen molar-refractivity contribution in [3.05, 3.63) is 64.3 Å². The predicted octanol–water partition coefficient (Wildman–Crippen LogP) is 5.18. The molecule has 0 bridgehead atoms. The van der Waals surface area contributed by atoms with Crippen LogP contribution in [0.3, 0.4) is 0 Å². The number of carbonyl (C=O) groups is 2. The van der Waals surface area contributed by atoms with Crippen LogP contribution in [0, 0.1) is 0 Å². The minimum atomic E-state index is -0.250. The molecular weight excluding hydrogens is 359 g/mol. The quantitative estimate of drug-likeness (QED) is 0.625. The van der Waals surface area contributed by atoms with Gasteiger partial charge in [-0.1, -0.05) is 54.4 Å². The third kappa shape index (κ3) is 3.55. The van der Waals surface area contributed by atoms with Crippen LogP contribution in [-0.4, -0.2) is 16.3 Å². The van der Waals surface area contributed by atoms with E-state index in [1.165, 1.54) is 0 Å². The van der Waals surface area contributed by atoms with Crippen molar-refractivity contribution in [1.82, 2.24) is 4.57 Å². The molecule has 1 aromatic heterocycles. The summed E-state index contributed by atoms with van der Waals surface area (Å²) >= 11 is 12.1. The lowest BCUT2D eigenvalue weighted by Gasteiger charge is -2.09. The van der Waals surface area contributed by atoms with Crippen LogP contribution < -0.4 is 5.32 Å². The molecule has 1 amide bonds. The van der Waals surface area contributed by atoms with E-state index in [9.17, 15) is 9.59 Å². The summed E-state index contributed by atoms with van der Waals surface area (Å²) in [7, 11) is 0. The van der Waals surface area contributed by atoms with Crippen LogP contribution in [-0.2, 0) is 11.3 Å². The summed E-state index contributed by atoms with van der Waals surface area (Å²) in [5, 5.41) is 4.28. The normalized spacial score (nSPS) is 10.8. The van der Waals surface area contributed by atoms with Gasteiger partial charge in [0.15, 0.2) is 5.78 Å². The fraction of sp³-hybridized carbons (Fsp3) is 0.158. The Kier molecular flexibility index (Phi) is 5.11. The minimum absolute atomic E-state index is 0.0493. The number of nitrogens with one attached hydrogen (secondary N) is 1. The van der Waals surface area contributed by atoms with Gasteiger partial charge in [0.25, 0.3) is 0 Å². The largest absolute Gasteiger partial charge is 0.337 e. The topological polar surface area (TPSA) is 51.1 Å². The Morgan fingerprint density at radius 2 is 1.84 bits per heavy atom. The van der Waals surface area contributed by atoms with E-state index in [2.05, 4.69) is 5.32 Å². The van der Waals surface area contributed by atoms with Crippen molar-refractivity contribution in [2.45, 2.75) is 19.9 Å². The molecule has 0 aliphatic heterocycles. The van der Waals surface area contributed by atoms with Gasteiger partial charge in [-0.05, 0) is 18.2 Å². The van der Waals surface area contributed by atoms with Crippen molar-refractivity contribution >= 4 is 51.5 Å². The van der Waals surface area contributed by atoms with Gasteiger partial charge in [0.05, 0.1) is 15.7 Å². The van der Waals surface area contributed by atoms with E-state index in [1.807, 2.05) is 31.2 Å². The van der Waals surface area contributed by atoms with Gasteiger partial charge in [-0.2, -0.15) is 0 Å². The van der Waals surface area contributed by atoms with E-state index < -0.39 is 0 Å². The van der Waals surface area contributed by atoms with Crippen LogP contribution in [0.4, 0.5) is 5.69 Å². The Morgan fingerprint density at radius 3 is 2.60 bits per heavy atom. The summed E-state index contributed by atoms with van der Waals surface area (Å²) < 4.78 is 1.77. The molecule has 3 aromatic rings. The van der Waals surface area contributed by atoms with Gasteiger partial charge in [-0.3, -0.25) is 9.59 Å². The molecule has 0 atom stereocenters. The zero-order chi connectivity index (χ0) is 18.0. The first-order valence-corrected chi connectivity index (χ1v) is 8.61. The second kappa shape index (κ2) is 7.30. The van der Waals surface area contributed by atoms with Crippen molar-refractivity contribution in [1.29, 1.82) is 0 Å². The Labute approximate surface area is 155 Å². The van der Waals surface area contributed by atoms with Crippen LogP contribution in [0.5, 0.6) is 0 Å². The Balaban J connectivity index is 1.89. The van der Waals surface area contributed by atoms with Crippen LogP contribution in [0.1, 0.15) is 23.7 Å². The highest BCUT2D eigenvalue weighted by atomic mass is 35.5. The van der Waals surface area contributed by atoms with E-state index in [-0.39, 0.29) is 18.2 Å². The fourth-order valence-electron chi connectivity index (χ4n) is 2.74. The zero-order valence-corrected chi connectivity index (χ0v) is 15.1. The smallest absolute Gasteiger partial charge is 0.244 e. The lowest BCUT2D eigenvalue weighted by molar-refractivity contribution is -0.116. The first-order chi connectivity index (χ1) is 12.0. The number of fused-ring (bicyclic) bond motifs is 1. The molecule has 4 nitrogen and oxygen atoms in total. The lowest BCUT2D eigenvalue weighted by Crippen LogP contribution is -2.18. The standard InChI is InChI=1S/C19H16Cl2N2O2/c1-2-17(24)13-10-23(16-9-4-3-6-12(13)16)11-18(25)22-15-8-5-7-14(20)19(15)21/h3-10H,2,11H2,1H3,(H,22,25). The monoisotopic (exact) mass is 374 g/mol. The molecule has 0 spiro atoms. The van der Waals surface area contributed by atoms with Crippen molar-refractivity contribution < 1.29 is 9.59 Å². The van der Waals surface area contributed by atoms with Gasteiger partial charge in [-0.15, -0.1) is 0 Å². The maximum atomic E-state index is 12.4. The van der Waals surface area contributed by atoms with Gasteiger partial charge in [-0.25, -0.2) is 0 Å². The Bertz CT molecular complexity index is 963. The van der Waals surface area contributed by atoms with Gasteiger partial charge >= 0.3 is 0 Å². The number of anilines is 1. The van der Waals surface area contributed by atoms with Crippen LogP contribution >= 0.6 is 23.2 Å². The first-order valence-electron chi connectivity index (χ1n) is 7.86. The number of carbonyl (C=O) groups excluding carboxylic acids is 2. The van der Waals surface area contributed by atoms with Gasteiger partial charge in [0, 0.05) is 29.1 Å². The third-order valence-corrected chi connectivity index (χ3v) is 4.77. The van der Waals surface area contributed by atoms with Crippen molar-refractivity contribution in [3.63, 3.8) is 0 Å². The van der Waals surface area contributed by atoms with E-state index in [1.54, 1.807) is 29.0 Å². The fourth-order valence-corrected chi connectivity index (χ4v) is 3.08. The summed E-state index contributed by atoms with van der Waals surface area (Å²) in [6.07, 6.45) is 2.15. The van der Waals surface area contributed by atoms with Crippen LogP contribution in [0.2, 0.25) is 10.0 Å². The van der Waals surface area contributed by atoms with E-state index in [0.717, 1.165) is 10.9 Å². The second-order valence-corrected chi connectivity index (χ2v) is 6.40. The van der Waals surface area contributed by atoms with E-state index in [0.29, 0.717) is 27.7 Å². The molecule has 0 unspecified atom stereocenters. The molecule has 6 heteroatoms.